The largest absolute Gasteiger partial charge is 0.497 e. The SMILES string of the molecule is COc1cc(NC(=O)c2ccn(COc3ccc(F)c(Cl)c3)n2)cc(S(=O)(=O)c2ccc(Cl)cc2)c1. The van der Waals surface area contributed by atoms with Crippen LogP contribution in [-0.4, -0.2) is 31.2 Å². The Bertz CT molecular complexity index is 1530. The summed E-state index contributed by atoms with van der Waals surface area (Å²) in [5.74, 6) is -0.587. The first-order valence-corrected chi connectivity index (χ1v) is 12.5. The fraction of sp³-hybridized carbons (Fsp3) is 0.0833. The summed E-state index contributed by atoms with van der Waals surface area (Å²) in [6.07, 6.45) is 1.52. The highest BCUT2D eigenvalue weighted by Gasteiger charge is 2.20. The molecule has 0 aliphatic rings. The number of carbonyl (C=O) groups is 1. The zero-order chi connectivity index (χ0) is 25.9. The van der Waals surface area contributed by atoms with E-state index >= 15 is 0 Å². The lowest BCUT2D eigenvalue weighted by Gasteiger charge is -2.11. The van der Waals surface area contributed by atoms with E-state index in [1.165, 1.54) is 84.7 Å². The number of hydrogen-bond acceptors (Lipinski definition) is 6. The predicted octanol–water partition coefficient (Wildman–Crippen LogP) is 5.46. The van der Waals surface area contributed by atoms with E-state index in [9.17, 15) is 17.6 Å². The maximum atomic E-state index is 13.3. The standard InChI is InChI=1S/C24H18Cl2FN3O5S/c1-34-18-10-16(11-20(12-18)36(32,33)19-5-2-15(25)3-6-19)28-24(31)23-8-9-30(29-23)14-35-17-4-7-22(27)21(26)13-17/h2-13H,14H2,1H3,(H,28,31). The molecule has 1 aromatic heterocycles. The number of rotatable bonds is 8. The Morgan fingerprint density at radius 3 is 2.44 bits per heavy atom. The first-order valence-electron chi connectivity index (χ1n) is 10.3. The molecule has 0 aliphatic carbocycles. The molecule has 0 unspecified atom stereocenters. The summed E-state index contributed by atoms with van der Waals surface area (Å²) in [6, 6.07) is 15.3. The number of benzene rings is 3. The molecule has 1 N–H and O–H groups in total. The van der Waals surface area contributed by atoms with Crippen LogP contribution in [0.15, 0.2) is 82.7 Å². The minimum absolute atomic E-state index is 0.0404. The van der Waals surface area contributed by atoms with E-state index < -0.39 is 21.6 Å². The molecule has 0 atom stereocenters. The summed E-state index contributed by atoms with van der Waals surface area (Å²) in [6.45, 7) is -0.0577. The van der Waals surface area contributed by atoms with Gasteiger partial charge in [0, 0.05) is 29.0 Å². The molecule has 4 aromatic rings. The Kier molecular flexibility index (Phi) is 7.48. The van der Waals surface area contributed by atoms with Gasteiger partial charge in [-0.1, -0.05) is 23.2 Å². The second-order valence-corrected chi connectivity index (χ2v) is 10.2. The molecule has 12 heteroatoms. The summed E-state index contributed by atoms with van der Waals surface area (Å²) < 4.78 is 51.5. The molecule has 0 saturated heterocycles. The molecule has 1 amide bonds. The molecule has 0 aliphatic heterocycles. The van der Waals surface area contributed by atoms with Crippen LogP contribution >= 0.6 is 23.2 Å². The van der Waals surface area contributed by atoms with Gasteiger partial charge in [0.05, 0.1) is 21.9 Å². The van der Waals surface area contributed by atoms with Crippen LogP contribution in [0.4, 0.5) is 10.1 Å². The third-order valence-corrected chi connectivity index (χ3v) is 7.23. The van der Waals surface area contributed by atoms with Crippen LogP contribution in [0.1, 0.15) is 10.5 Å². The van der Waals surface area contributed by atoms with Crippen molar-refractivity contribution in [3.8, 4) is 11.5 Å². The van der Waals surface area contributed by atoms with Crippen molar-refractivity contribution in [2.24, 2.45) is 0 Å². The van der Waals surface area contributed by atoms with Crippen LogP contribution in [-0.2, 0) is 16.6 Å². The first kappa shape index (κ1) is 25.5. The van der Waals surface area contributed by atoms with Crippen LogP contribution in [0.25, 0.3) is 0 Å². The Hall–Kier alpha value is -3.60. The molecule has 0 saturated carbocycles. The highest BCUT2D eigenvalue weighted by Crippen LogP contribution is 2.29. The van der Waals surface area contributed by atoms with Crippen molar-refractivity contribution < 1.29 is 27.1 Å². The van der Waals surface area contributed by atoms with Gasteiger partial charge in [-0.25, -0.2) is 17.5 Å². The van der Waals surface area contributed by atoms with Crippen molar-refractivity contribution >= 4 is 44.6 Å². The fourth-order valence-electron chi connectivity index (χ4n) is 3.12. The Labute approximate surface area is 216 Å². The average Bonchev–Trinajstić information content (AvgIpc) is 3.34. The van der Waals surface area contributed by atoms with E-state index in [-0.39, 0.29) is 38.7 Å². The maximum absolute atomic E-state index is 13.3. The number of anilines is 1. The lowest BCUT2D eigenvalue weighted by Crippen LogP contribution is -2.15. The Morgan fingerprint density at radius 1 is 1.00 bits per heavy atom. The van der Waals surface area contributed by atoms with Crippen LogP contribution in [0.5, 0.6) is 11.5 Å². The number of methoxy groups -OCH3 is 1. The number of amides is 1. The summed E-state index contributed by atoms with van der Waals surface area (Å²) in [4.78, 5) is 12.7. The van der Waals surface area contributed by atoms with Gasteiger partial charge >= 0.3 is 0 Å². The minimum atomic E-state index is -3.91. The fourth-order valence-corrected chi connectivity index (χ4v) is 4.74. The normalized spacial score (nSPS) is 11.2. The summed E-state index contributed by atoms with van der Waals surface area (Å²) in [5, 5.41) is 7.09. The topological polar surface area (TPSA) is 99.5 Å². The van der Waals surface area contributed by atoms with Gasteiger partial charge in [0.2, 0.25) is 9.84 Å². The quantitative estimate of drug-likeness (QED) is 0.313. The second-order valence-electron chi connectivity index (χ2n) is 7.40. The molecule has 8 nitrogen and oxygen atoms in total. The van der Waals surface area contributed by atoms with Crippen molar-refractivity contribution in [2.45, 2.75) is 16.5 Å². The van der Waals surface area contributed by atoms with Crippen LogP contribution in [0, 0.1) is 5.82 Å². The summed E-state index contributed by atoms with van der Waals surface area (Å²) >= 11 is 11.6. The maximum Gasteiger partial charge on any atom is 0.276 e. The first-order chi connectivity index (χ1) is 17.2. The Morgan fingerprint density at radius 2 is 1.75 bits per heavy atom. The molecule has 0 bridgehead atoms. The molecular formula is C24H18Cl2FN3O5S. The molecule has 4 rings (SSSR count). The van der Waals surface area contributed by atoms with E-state index in [0.29, 0.717) is 10.8 Å². The number of aromatic nitrogens is 2. The molecule has 1 heterocycles. The third-order valence-electron chi connectivity index (χ3n) is 4.94. The average molecular weight is 550 g/mol. The van der Waals surface area contributed by atoms with Crippen LogP contribution < -0.4 is 14.8 Å². The van der Waals surface area contributed by atoms with Crippen molar-refractivity contribution in [1.82, 2.24) is 9.78 Å². The van der Waals surface area contributed by atoms with Crippen LogP contribution in [0.3, 0.4) is 0 Å². The van der Waals surface area contributed by atoms with Crippen molar-refractivity contribution in [3.05, 3.63) is 94.5 Å². The van der Waals surface area contributed by atoms with E-state index in [1.54, 1.807) is 0 Å². The van der Waals surface area contributed by atoms with Gasteiger partial charge in [-0.05, 0) is 54.6 Å². The van der Waals surface area contributed by atoms with E-state index in [1.807, 2.05) is 0 Å². The van der Waals surface area contributed by atoms with Crippen molar-refractivity contribution in [2.75, 3.05) is 12.4 Å². The van der Waals surface area contributed by atoms with E-state index in [2.05, 4.69) is 10.4 Å². The molecule has 0 fully saturated rings. The number of hydrogen-bond donors (Lipinski definition) is 1. The van der Waals surface area contributed by atoms with Crippen LogP contribution in [0.2, 0.25) is 10.0 Å². The minimum Gasteiger partial charge on any atom is -0.497 e. The van der Waals surface area contributed by atoms with Crippen molar-refractivity contribution in [3.63, 3.8) is 0 Å². The second kappa shape index (κ2) is 10.6. The smallest absolute Gasteiger partial charge is 0.276 e. The molecular weight excluding hydrogens is 532 g/mol. The number of nitrogens with one attached hydrogen (secondary N) is 1. The molecule has 186 valence electrons. The van der Waals surface area contributed by atoms with Gasteiger partial charge < -0.3 is 14.8 Å². The molecule has 36 heavy (non-hydrogen) atoms. The number of sulfone groups is 1. The summed E-state index contributed by atoms with van der Waals surface area (Å²) in [5.41, 5.74) is 0.249. The van der Waals surface area contributed by atoms with E-state index in [4.69, 9.17) is 32.7 Å². The number of nitrogens with zero attached hydrogens (tertiary/aromatic N) is 2. The zero-order valence-electron chi connectivity index (χ0n) is 18.6. The predicted molar refractivity (Wildman–Crippen MR) is 132 cm³/mol. The van der Waals surface area contributed by atoms with Gasteiger partial charge in [-0.3, -0.25) is 4.79 Å². The summed E-state index contributed by atoms with van der Waals surface area (Å²) in [7, 11) is -2.52. The molecule has 0 spiro atoms. The van der Waals surface area contributed by atoms with Gasteiger partial charge in [0.1, 0.15) is 17.3 Å². The number of carbonyl (C=O) groups excluding carboxylic acids is 1. The monoisotopic (exact) mass is 549 g/mol. The van der Waals surface area contributed by atoms with Gasteiger partial charge in [-0.2, -0.15) is 5.10 Å². The highest BCUT2D eigenvalue weighted by atomic mass is 35.5. The lowest BCUT2D eigenvalue weighted by molar-refractivity contribution is 0.102. The lowest BCUT2D eigenvalue weighted by atomic mass is 10.3. The third kappa shape index (κ3) is 5.78. The van der Waals surface area contributed by atoms with Crippen molar-refractivity contribution in [1.29, 1.82) is 0 Å². The van der Waals surface area contributed by atoms with Gasteiger partial charge in [0.15, 0.2) is 12.4 Å². The number of halogens is 3. The molecule has 0 radical (unpaired) electrons. The Balaban J connectivity index is 1.50. The van der Waals surface area contributed by atoms with E-state index in [0.717, 1.165) is 0 Å². The zero-order valence-corrected chi connectivity index (χ0v) is 20.9. The highest BCUT2D eigenvalue weighted by molar-refractivity contribution is 7.91. The number of ether oxygens (including phenoxy) is 2. The van der Waals surface area contributed by atoms with Gasteiger partial charge in [-0.15, -0.1) is 0 Å². The molecule has 3 aromatic carbocycles. The van der Waals surface area contributed by atoms with Gasteiger partial charge in [0.25, 0.3) is 5.91 Å².